The Balaban J connectivity index is 1.60. The van der Waals surface area contributed by atoms with E-state index in [-0.39, 0.29) is 5.91 Å². The third kappa shape index (κ3) is 4.26. The molecule has 1 aromatic heterocycles. The van der Waals surface area contributed by atoms with Crippen molar-refractivity contribution in [2.75, 3.05) is 10.6 Å². The Labute approximate surface area is 147 Å². The molecule has 2 N–H and O–H groups in total. The van der Waals surface area contributed by atoms with Gasteiger partial charge in [-0.05, 0) is 43.2 Å². The Hall–Kier alpha value is -3.08. The highest BCUT2D eigenvalue weighted by atomic mass is 16.2. The van der Waals surface area contributed by atoms with Crippen LogP contribution in [0.25, 0.3) is 5.69 Å². The number of rotatable bonds is 6. The van der Waals surface area contributed by atoms with E-state index in [2.05, 4.69) is 22.7 Å². The lowest BCUT2D eigenvalue weighted by atomic mass is 10.1. The lowest BCUT2D eigenvalue weighted by Crippen LogP contribution is -2.32. The number of carbonyl (C=O) groups excluding carboxylic acids is 1. The monoisotopic (exact) mass is 334 g/mol. The van der Waals surface area contributed by atoms with Crippen LogP contribution in [0, 0.1) is 0 Å². The first kappa shape index (κ1) is 16.8. The van der Waals surface area contributed by atoms with Crippen LogP contribution in [-0.4, -0.2) is 21.7 Å². The van der Waals surface area contributed by atoms with Crippen molar-refractivity contribution in [2.45, 2.75) is 26.3 Å². The SMILES string of the molecule is CCc1ccc(NC(=O)[C@H](C)Nc2ccn(-c3ccccc3)n2)cc1. The third-order valence-electron chi connectivity index (χ3n) is 4.00. The number of nitrogens with zero attached hydrogens (tertiary/aromatic N) is 2. The van der Waals surface area contributed by atoms with E-state index in [0.717, 1.165) is 17.8 Å². The molecule has 0 fully saturated rings. The molecule has 0 unspecified atom stereocenters. The Morgan fingerprint density at radius 3 is 2.48 bits per heavy atom. The van der Waals surface area contributed by atoms with E-state index < -0.39 is 6.04 Å². The average molecular weight is 334 g/mol. The van der Waals surface area contributed by atoms with E-state index in [4.69, 9.17) is 0 Å². The van der Waals surface area contributed by atoms with E-state index in [1.807, 2.05) is 73.8 Å². The summed E-state index contributed by atoms with van der Waals surface area (Å²) in [4.78, 5) is 12.3. The highest BCUT2D eigenvalue weighted by Crippen LogP contribution is 2.13. The number of benzene rings is 2. The van der Waals surface area contributed by atoms with Crippen LogP contribution in [-0.2, 0) is 11.2 Å². The van der Waals surface area contributed by atoms with Gasteiger partial charge in [-0.1, -0.05) is 37.3 Å². The molecule has 1 heterocycles. The number of amides is 1. The Morgan fingerprint density at radius 2 is 1.80 bits per heavy atom. The molecule has 128 valence electrons. The lowest BCUT2D eigenvalue weighted by molar-refractivity contribution is -0.116. The number of aryl methyl sites for hydroxylation is 1. The second-order valence-corrected chi connectivity index (χ2v) is 5.89. The molecule has 3 aromatic rings. The van der Waals surface area contributed by atoms with Gasteiger partial charge < -0.3 is 10.6 Å². The first-order valence-corrected chi connectivity index (χ1v) is 8.43. The molecular formula is C20H22N4O. The fourth-order valence-corrected chi connectivity index (χ4v) is 2.49. The summed E-state index contributed by atoms with van der Waals surface area (Å²) >= 11 is 0. The Morgan fingerprint density at radius 1 is 1.08 bits per heavy atom. The topological polar surface area (TPSA) is 59.0 Å². The van der Waals surface area contributed by atoms with Crippen LogP contribution in [0.1, 0.15) is 19.4 Å². The van der Waals surface area contributed by atoms with Crippen molar-refractivity contribution in [3.8, 4) is 5.69 Å². The average Bonchev–Trinajstić information content (AvgIpc) is 3.11. The minimum absolute atomic E-state index is 0.0986. The smallest absolute Gasteiger partial charge is 0.246 e. The summed E-state index contributed by atoms with van der Waals surface area (Å²) in [6.07, 6.45) is 2.85. The zero-order valence-electron chi connectivity index (χ0n) is 14.4. The zero-order valence-corrected chi connectivity index (χ0v) is 14.4. The summed E-state index contributed by atoms with van der Waals surface area (Å²) in [6.45, 7) is 3.92. The number of hydrogen-bond donors (Lipinski definition) is 2. The Bertz CT molecular complexity index is 824. The molecular weight excluding hydrogens is 312 g/mol. The van der Waals surface area contributed by atoms with Crippen LogP contribution in [0.15, 0.2) is 66.9 Å². The van der Waals surface area contributed by atoms with Gasteiger partial charge in [0, 0.05) is 18.0 Å². The summed E-state index contributed by atoms with van der Waals surface area (Å²) in [5.41, 5.74) is 3.02. The van der Waals surface area contributed by atoms with E-state index in [9.17, 15) is 4.79 Å². The van der Waals surface area contributed by atoms with E-state index in [1.54, 1.807) is 4.68 Å². The van der Waals surface area contributed by atoms with Gasteiger partial charge in [0.05, 0.1) is 5.69 Å². The molecule has 0 radical (unpaired) electrons. The second kappa shape index (κ2) is 7.66. The predicted octanol–water partition coefficient (Wildman–Crippen LogP) is 3.87. The predicted molar refractivity (Wildman–Crippen MR) is 101 cm³/mol. The van der Waals surface area contributed by atoms with Crippen LogP contribution in [0.3, 0.4) is 0 Å². The quantitative estimate of drug-likeness (QED) is 0.719. The molecule has 0 saturated carbocycles. The normalized spacial score (nSPS) is 11.8. The van der Waals surface area contributed by atoms with Crippen molar-refractivity contribution in [1.29, 1.82) is 0 Å². The second-order valence-electron chi connectivity index (χ2n) is 5.89. The van der Waals surface area contributed by atoms with Gasteiger partial charge in [0.15, 0.2) is 0 Å². The maximum atomic E-state index is 12.3. The van der Waals surface area contributed by atoms with Gasteiger partial charge >= 0.3 is 0 Å². The first-order valence-electron chi connectivity index (χ1n) is 8.43. The number of carbonyl (C=O) groups is 1. The maximum absolute atomic E-state index is 12.3. The van der Waals surface area contributed by atoms with Crippen LogP contribution >= 0.6 is 0 Å². The highest BCUT2D eigenvalue weighted by Gasteiger charge is 2.14. The van der Waals surface area contributed by atoms with Crippen molar-refractivity contribution in [1.82, 2.24) is 9.78 Å². The first-order chi connectivity index (χ1) is 12.2. The molecule has 5 nitrogen and oxygen atoms in total. The molecule has 1 amide bonds. The standard InChI is InChI=1S/C20H22N4O/c1-3-16-9-11-17(12-10-16)22-20(25)15(2)21-19-13-14-24(23-19)18-7-5-4-6-8-18/h4-15H,3H2,1-2H3,(H,21,23)(H,22,25)/t15-/m0/s1. The van der Waals surface area contributed by atoms with Crippen molar-refractivity contribution < 1.29 is 4.79 Å². The van der Waals surface area contributed by atoms with E-state index in [0.29, 0.717) is 5.82 Å². The molecule has 0 bridgehead atoms. The Kier molecular flexibility index (Phi) is 5.14. The molecule has 2 aromatic carbocycles. The summed E-state index contributed by atoms with van der Waals surface area (Å²) in [6, 6.07) is 19.2. The highest BCUT2D eigenvalue weighted by molar-refractivity contribution is 5.96. The number of para-hydroxylation sites is 1. The zero-order chi connectivity index (χ0) is 17.6. The van der Waals surface area contributed by atoms with Crippen LogP contribution < -0.4 is 10.6 Å². The molecule has 5 heteroatoms. The summed E-state index contributed by atoms with van der Waals surface area (Å²) < 4.78 is 1.77. The lowest BCUT2D eigenvalue weighted by Gasteiger charge is -2.13. The van der Waals surface area contributed by atoms with Crippen molar-refractivity contribution >= 4 is 17.4 Å². The maximum Gasteiger partial charge on any atom is 0.246 e. The molecule has 0 aliphatic rings. The van der Waals surface area contributed by atoms with Gasteiger partial charge in [-0.25, -0.2) is 4.68 Å². The summed E-state index contributed by atoms with van der Waals surface area (Å²) in [7, 11) is 0. The molecule has 1 atom stereocenters. The molecule has 0 aliphatic carbocycles. The van der Waals surface area contributed by atoms with Gasteiger partial charge in [-0.3, -0.25) is 4.79 Å². The summed E-state index contributed by atoms with van der Waals surface area (Å²) in [5.74, 6) is 0.561. The molecule has 3 rings (SSSR count). The molecule has 25 heavy (non-hydrogen) atoms. The number of anilines is 2. The van der Waals surface area contributed by atoms with E-state index >= 15 is 0 Å². The van der Waals surface area contributed by atoms with Gasteiger partial charge in [-0.15, -0.1) is 0 Å². The van der Waals surface area contributed by atoms with Crippen LogP contribution in [0.4, 0.5) is 11.5 Å². The number of aromatic nitrogens is 2. The molecule has 0 spiro atoms. The van der Waals surface area contributed by atoms with Gasteiger partial charge in [0.1, 0.15) is 11.9 Å². The molecule has 0 saturated heterocycles. The van der Waals surface area contributed by atoms with Crippen molar-refractivity contribution in [3.63, 3.8) is 0 Å². The number of hydrogen-bond acceptors (Lipinski definition) is 3. The summed E-state index contributed by atoms with van der Waals surface area (Å²) in [5, 5.41) is 10.5. The van der Waals surface area contributed by atoms with Crippen molar-refractivity contribution in [3.05, 3.63) is 72.4 Å². The van der Waals surface area contributed by atoms with Crippen LogP contribution in [0.5, 0.6) is 0 Å². The minimum Gasteiger partial charge on any atom is -0.357 e. The minimum atomic E-state index is -0.398. The third-order valence-corrected chi connectivity index (χ3v) is 4.00. The van der Waals surface area contributed by atoms with Gasteiger partial charge in [0.2, 0.25) is 5.91 Å². The fourth-order valence-electron chi connectivity index (χ4n) is 2.49. The van der Waals surface area contributed by atoms with Crippen LogP contribution in [0.2, 0.25) is 0 Å². The van der Waals surface area contributed by atoms with Crippen molar-refractivity contribution in [2.24, 2.45) is 0 Å². The molecule has 0 aliphatic heterocycles. The van der Waals surface area contributed by atoms with Gasteiger partial charge in [0.25, 0.3) is 0 Å². The van der Waals surface area contributed by atoms with E-state index in [1.165, 1.54) is 5.56 Å². The largest absolute Gasteiger partial charge is 0.357 e. The number of nitrogens with one attached hydrogen (secondary N) is 2. The van der Waals surface area contributed by atoms with Gasteiger partial charge in [-0.2, -0.15) is 5.10 Å². The fraction of sp³-hybridized carbons (Fsp3) is 0.200.